The smallest absolute Gasteiger partial charge is 0.245 e. The van der Waals surface area contributed by atoms with Gasteiger partial charge in [0.15, 0.2) is 3.95 Å². The summed E-state index contributed by atoms with van der Waals surface area (Å²) in [5, 5.41) is 10.9. The van der Waals surface area contributed by atoms with Crippen molar-refractivity contribution in [2.45, 2.75) is 45.4 Å². The van der Waals surface area contributed by atoms with E-state index in [2.05, 4.69) is 10.4 Å². The van der Waals surface area contributed by atoms with Gasteiger partial charge in [0.1, 0.15) is 0 Å². The Morgan fingerprint density at radius 2 is 1.87 bits per heavy atom. The molecule has 5 nitrogen and oxygen atoms in total. The van der Waals surface area contributed by atoms with Gasteiger partial charge in [-0.25, -0.2) is 0 Å². The number of hydrogen-bond acceptors (Lipinski definition) is 5. The van der Waals surface area contributed by atoms with Crippen LogP contribution in [0.2, 0.25) is 0 Å². The molecule has 160 valence electrons. The summed E-state index contributed by atoms with van der Waals surface area (Å²) in [6.45, 7) is 1.97. The molecule has 1 amide bonds. The number of thiazole rings is 1. The van der Waals surface area contributed by atoms with Crippen molar-refractivity contribution >= 4 is 52.5 Å². The third kappa shape index (κ3) is 3.04. The maximum absolute atomic E-state index is 13.4. The Morgan fingerprint density at radius 3 is 2.55 bits per heavy atom. The van der Waals surface area contributed by atoms with Gasteiger partial charge in [0.25, 0.3) is 0 Å². The summed E-state index contributed by atoms with van der Waals surface area (Å²) >= 11 is 6.82. The van der Waals surface area contributed by atoms with Crippen molar-refractivity contribution in [2.75, 3.05) is 5.43 Å². The second kappa shape index (κ2) is 6.87. The molecule has 0 radical (unpaired) electrons. The summed E-state index contributed by atoms with van der Waals surface area (Å²) in [7, 11) is 0. The molecule has 1 aromatic heterocycles. The van der Waals surface area contributed by atoms with Crippen LogP contribution < -0.4 is 5.43 Å². The first-order valence-electron chi connectivity index (χ1n) is 11.0. The number of nitrogens with zero attached hydrogens (tertiary/aromatic N) is 2. The van der Waals surface area contributed by atoms with E-state index in [1.54, 1.807) is 0 Å². The Kier molecular flexibility index (Phi) is 4.31. The van der Waals surface area contributed by atoms with Crippen LogP contribution in [0.15, 0.2) is 29.3 Å². The largest absolute Gasteiger partial charge is 0.492 e. The van der Waals surface area contributed by atoms with Crippen LogP contribution in [0.1, 0.15) is 55.9 Å². The van der Waals surface area contributed by atoms with Crippen molar-refractivity contribution in [1.82, 2.24) is 4.68 Å². The lowest BCUT2D eigenvalue weighted by Gasteiger charge is -2.55. The molecule has 31 heavy (non-hydrogen) atoms. The van der Waals surface area contributed by atoms with Gasteiger partial charge in [0.05, 0.1) is 16.0 Å². The molecule has 7 heteroatoms. The van der Waals surface area contributed by atoms with Gasteiger partial charge in [0.2, 0.25) is 11.8 Å². The van der Waals surface area contributed by atoms with E-state index in [-0.39, 0.29) is 17.2 Å². The molecule has 5 aliphatic rings. The molecule has 4 saturated carbocycles. The average Bonchev–Trinajstić information content (AvgIpc) is 3.18. The fourth-order valence-corrected chi connectivity index (χ4v) is 7.90. The summed E-state index contributed by atoms with van der Waals surface area (Å²) < 4.78 is 1.85. The molecule has 2 aromatic rings. The van der Waals surface area contributed by atoms with E-state index >= 15 is 0 Å². The SMILES string of the molecule is CC1=Nc2ccccc2C1=Cc1sc(=S)n(NC(=O)C23CC4CC(CC(C4)C2)C3)c1O. The zero-order valence-corrected chi connectivity index (χ0v) is 19.1. The third-order valence-corrected chi connectivity index (χ3v) is 9.00. The molecule has 0 spiro atoms. The van der Waals surface area contributed by atoms with Crippen LogP contribution in [0.3, 0.4) is 0 Å². The normalized spacial score (nSPS) is 31.7. The van der Waals surface area contributed by atoms with Crippen LogP contribution in [-0.4, -0.2) is 21.4 Å². The summed E-state index contributed by atoms with van der Waals surface area (Å²) in [6.07, 6.45) is 8.72. The van der Waals surface area contributed by atoms with Crippen LogP contribution in [0.5, 0.6) is 5.88 Å². The second-order valence-electron chi connectivity index (χ2n) is 9.80. The Bertz CT molecular complexity index is 1180. The molecule has 1 aromatic carbocycles. The highest BCUT2D eigenvalue weighted by Gasteiger charge is 2.54. The van der Waals surface area contributed by atoms with E-state index in [1.165, 1.54) is 35.3 Å². The number of para-hydroxylation sites is 1. The zero-order valence-electron chi connectivity index (χ0n) is 17.4. The van der Waals surface area contributed by atoms with E-state index in [1.807, 2.05) is 37.3 Å². The fraction of sp³-hybridized carbons (Fsp3) is 0.458. The Labute approximate surface area is 190 Å². The number of carbonyl (C=O) groups excluding carboxylic acids is 1. The van der Waals surface area contributed by atoms with Crippen molar-refractivity contribution in [1.29, 1.82) is 0 Å². The molecule has 0 saturated heterocycles. The van der Waals surface area contributed by atoms with Crippen molar-refractivity contribution in [3.8, 4) is 5.88 Å². The molecule has 1 aliphatic heterocycles. The van der Waals surface area contributed by atoms with Gasteiger partial charge in [-0.05, 0) is 87.6 Å². The van der Waals surface area contributed by atoms with Gasteiger partial charge >= 0.3 is 0 Å². The number of aromatic nitrogens is 1. The van der Waals surface area contributed by atoms with E-state index < -0.39 is 0 Å². The number of rotatable bonds is 3. The quantitative estimate of drug-likeness (QED) is 0.570. The molecule has 4 fully saturated rings. The number of nitrogens with one attached hydrogen (secondary N) is 1. The van der Waals surface area contributed by atoms with Gasteiger partial charge < -0.3 is 5.11 Å². The highest BCUT2D eigenvalue weighted by atomic mass is 32.1. The molecule has 4 aliphatic carbocycles. The van der Waals surface area contributed by atoms with E-state index in [9.17, 15) is 9.90 Å². The number of carbonyl (C=O) groups is 1. The van der Waals surface area contributed by atoms with E-state index in [0.717, 1.165) is 41.8 Å². The number of hydrogen-bond donors (Lipinski definition) is 2. The molecular formula is C24H25N3O2S2. The zero-order chi connectivity index (χ0) is 21.3. The molecule has 7 rings (SSSR count). The van der Waals surface area contributed by atoms with Crippen molar-refractivity contribution < 1.29 is 9.90 Å². The number of aromatic hydroxyl groups is 1. The molecule has 4 bridgehead atoms. The standard InChI is InChI=1S/C24H25N3O2S2/c1-13-18(17-4-2-3-5-19(17)25-13)9-20-21(28)27(23(30)31-20)26-22(29)24-10-14-6-15(11-24)8-16(7-14)12-24/h2-5,9,14-16,28H,6-8,10-12H2,1H3,(H,26,29). The first kappa shape index (κ1) is 19.4. The summed E-state index contributed by atoms with van der Waals surface area (Å²) in [4.78, 5) is 18.7. The number of amides is 1. The maximum atomic E-state index is 13.4. The lowest BCUT2D eigenvalue weighted by atomic mass is 9.49. The van der Waals surface area contributed by atoms with Gasteiger partial charge in [-0.15, -0.1) is 0 Å². The minimum atomic E-state index is -0.288. The number of benzene rings is 1. The summed E-state index contributed by atoms with van der Waals surface area (Å²) in [5.41, 5.74) is 6.56. The minimum absolute atomic E-state index is 0.00207. The monoisotopic (exact) mass is 451 g/mol. The van der Waals surface area contributed by atoms with Crippen molar-refractivity contribution in [3.63, 3.8) is 0 Å². The van der Waals surface area contributed by atoms with Crippen molar-refractivity contribution in [2.24, 2.45) is 28.2 Å². The van der Waals surface area contributed by atoms with Crippen LogP contribution in [0, 0.1) is 27.1 Å². The predicted molar refractivity (Wildman–Crippen MR) is 127 cm³/mol. The summed E-state index contributed by atoms with van der Waals surface area (Å²) in [6, 6.07) is 7.97. The summed E-state index contributed by atoms with van der Waals surface area (Å²) in [5.74, 6) is 2.08. The maximum Gasteiger partial charge on any atom is 0.245 e. The van der Waals surface area contributed by atoms with Crippen LogP contribution in [0.25, 0.3) is 11.6 Å². The highest BCUT2D eigenvalue weighted by Crippen LogP contribution is 2.60. The van der Waals surface area contributed by atoms with Gasteiger partial charge in [-0.2, -0.15) is 4.68 Å². The fourth-order valence-electron chi connectivity index (χ4n) is 6.73. The average molecular weight is 452 g/mol. The van der Waals surface area contributed by atoms with Gasteiger partial charge in [0, 0.05) is 16.8 Å². The second-order valence-corrected chi connectivity index (χ2v) is 11.5. The Balaban J connectivity index is 1.31. The number of aliphatic imine (C=N–C) groups is 1. The highest BCUT2D eigenvalue weighted by molar-refractivity contribution is 7.73. The van der Waals surface area contributed by atoms with E-state index in [0.29, 0.717) is 26.6 Å². The first-order valence-corrected chi connectivity index (χ1v) is 12.3. The van der Waals surface area contributed by atoms with Crippen LogP contribution in [-0.2, 0) is 4.79 Å². The van der Waals surface area contributed by atoms with Crippen molar-refractivity contribution in [3.05, 3.63) is 38.7 Å². The topological polar surface area (TPSA) is 66.6 Å². The van der Waals surface area contributed by atoms with E-state index in [4.69, 9.17) is 12.2 Å². The predicted octanol–water partition coefficient (Wildman–Crippen LogP) is 5.92. The first-order chi connectivity index (χ1) is 14.9. The molecule has 0 atom stereocenters. The molecule has 2 N–H and O–H groups in total. The molecular weight excluding hydrogens is 426 g/mol. The third-order valence-electron chi connectivity index (χ3n) is 7.69. The molecule has 2 heterocycles. The Hall–Kier alpha value is -2.25. The lowest BCUT2D eigenvalue weighted by molar-refractivity contribution is -0.141. The minimum Gasteiger partial charge on any atom is -0.492 e. The van der Waals surface area contributed by atoms with Gasteiger partial charge in [-0.3, -0.25) is 15.2 Å². The molecule has 0 unspecified atom stereocenters. The lowest BCUT2D eigenvalue weighted by Crippen LogP contribution is -2.52. The number of fused-ring (bicyclic) bond motifs is 1. The Morgan fingerprint density at radius 1 is 1.23 bits per heavy atom. The number of allylic oxidation sites excluding steroid dienone is 1. The van der Waals surface area contributed by atoms with Crippen LogP contribution in [0.4, 0.5) is 5.69 Å². The van der Waals surface area contributed by atoms with Gasteiger partial charge in [-0.1, -0.05) is 29.5 Å². The van der Waals surface area contributed by atoms with Crippen LogP contribution >= 0.6 is 23.6 Å².